The molecule has 0 spiro atoms. The standard InChI is InChI=1S/C15H19N5O2/c1-15(2,3)13(21)9-16-14(22)8-11-4-6-12(7-5-11)20-10-17-18-19-20/h4-7,10H,8-9H2,1-3H3,(H,16,22). The maximum absolute atomic E-state index is 11.9. The zero-order chi connectivity index (χ0) is 16.2. The van der Waals surface area contributed by atoms with Gasteiger partial charge in [0, 0.05) is 5.41 Å². The zero-order valence-electron chi connectivity index (χ0n) is 12.9. The summed E-state index contributed by atoms with van der Waals surface area (Å²) >= 11 is 0. The fourth-order valence-corrected chi connectivity index (χ4v) is 1.74. The van der Waals surface area contributed by atoms with Crippen molar-refractivity contribution in [3.8, 4) is 5.69 Å². The summed E-state index contributed by atoms with van der Waals surface area (Å²) in [5.74, 6) is -0.164. The molecule has 0 bridgehead atoms. The van der Waals surface area contributed by atoms with Gasteiger partial charge in [-0.15, -0.1) is 5.10 Å². The van der Waals surface area contributed by atoms with Crippen LogP contribution in [-0.4, -0.2) is 38.4 Å². The first-order valence-corrected chi connectivity index (χ1v) is 6.98. The number of hydrogen-bond acceptors (Lipinski definition) is 5. The molecule has 2 aromatic rings. The van der Waals surface area contributed by atoms with Crippen LogP contribution in [0.1, 0.15) is 26.3 Å². The van der Waals surface area contributed by atoms with Gasteiger partial charge in [0.15, 0.2) is 5.78 Å². The normalized spacial score (nSPS) is 11.2. The summed E-state index contributed by atoms with van der Waals surface area (Å²) in [6, 6.07) is 7.34. The second-order valence-electron chi connectivity index (χ2n) is 6.05. The van der Waals surface area contributed by atoms with Crippen molar-refractivity contribution in [1.82, 2.24) is 25.5 Å². The van der Waals surface area contributed by atoms with Crippen LogP contribution in [0.25, 0.3) is 5.69 Å². The van der Waals surface area contributed by atoms with Gasteiger partial charge >= 0.3 is 0 Å². The maximum atomic E-state index is 11.9. The van der Waals surface area contributed by atoms with Crippen LogP contribution >= 0.6 is 0 Å². The number of hydrogen-bond donors (Lipinski definition) is 1. The Hall–Kier alpha value is -2.57. The number of carbonyl (C=O) groups excluding carboxylic acids is 2. The third kappa shape index (κ3) is 4.21. The van der Waals surface area contributed by atoms with E-state index in [0.29, 0.717) is 0 Å². The molecule has 0 aliphatic carbocycles. The summed E-state index contributed by atoms with van der Waals surface area (Å²) in [5, 5.41) is 13.6. The monoisotopic (exact) mass is 301 g/mol. The van der Waals surface area contributed by atoms with E-state index in [0.717, 1.165) is 11.3 Å². The minimum atomic E-state index is -0.444. The quantitative estimate of drug-likeness (QED) is 0.887. The third-order valence-corrected chi connectivity index (χ3v) is 3.20. The maximum Gasteiger partial charge on any atom is 0.224 e. The number of amides is 1. The van der Waals surface area contributed by atoms with Gasteiger partial charge in [-0.05, 0) is 28.1 Å². The van der Waals surface area contributed by atoms with Crippen LogP contribution in [-0.2, 0) is 16.0 Å². The lowest BCUT2D eigenvalue weighted by Crippen LogP contribution is -2.36. The van der Waals surface area contributed by atoms with Gasteiger partial charge in [0.2, 0.25) is 5.91 Å². The van der Waals surface area contributed by atoms with Gasteiger partial charge in [-0.3, -0.25) is 9.59 Å². The van der Waals surface area contributed by atoms with Gasteiger partial charge in [-0.25, -0.2) is 4.68 Å². The van der Waals surface area contributed by atoms with E-state index in [-0.39, 0.29) is 24.7 Å². The number of benzene rings is 1. The molecule has 0 unspecified atom stereocenters. The SMILES string of the molecule is CC(C)(C)C(=O)CNC(=O)Cc1ccc(-n2cnnn2)cc1. The van der Waals surface area contributed by atoms with Crippen molar-refractivity contribution in [2.45, 2.75) is 27.2 Å². The number of ketones is 1. The molecule has 0 radical (unpaired) electrons. The van der Waals surface area contributed by atoms with Crippen LogP contribution in [0.2, 0.25) is 0 Å². The number of Topliss-reactive ketones (excluding diaryl/α,β-unsaturated/α-hetero) is 1. The van der Waals surface area contributed by atoms with Gasteiger partial charge in [-0.2, -0.15) is 0 Å². The minimum Gasteiger partial charge on any atom is -0.349 e. The first-order chi connectivity index (χ1) is 10.4. The molecule has 1 aromatic carbocycles. The molecule has 1 N–H and O–H groups in total. The molecule has 0 saturated carbocycles. The molecular formula is C15H19N5O2. The van der Waals surface area contributed by atoms with Gasteiger partial charge in [0.05, 0.1) is 18.7 Å². The second-order valence-corrected chi connectivity index (χ2v) is 6.05. The predicted molar refractivity (Wildman–Crippen MR) is 80.3 cm³/mol. The lowest BCUT2D eigenvalue weighted by Gasteiger charge is -2.16. The summed E-state index contributed by atoms with van der Waals surface area (Å²) in [4.78, 5) is 23.6. The molecule has 22 heavy (non-hydrogen) atoms. The van der Waals surface area contributed by atoms with Crippen molar-refractivity contribution in [2.75, 3.05) is 6.54 Å². The Bertz CT molecular complexity index is 642. The fraction of sp³-hybridized carbons (Fsp3) is 0.400. The van der Waals surface area contributed by atoms with Crippen molar-refractivity contribution >= 4 is 11.7 Å². The predicted octanol–water partition coefficient (Wildman–Crippen LogP) is 0.936. The van der Waals surface area contributed by atoms with Crippen LogP contribution in [0, 0.1) is 5.41 Å². The average molecular weight is 301 g/mol. The summed E-state index contributed by atoms with van der Waals surface area (Å²) < 4.78 is 1.53. The number of nitrogens with zero attached hydrogens (tertiary/aromatic N) is 4. The molecule has 0 atom stereocenters. The van der Waals surface area contributed by atoms with Gasteiger partial charge in [-0.1, -0.05) is 32.9 Å². The van der Waals surface area contributed by atoms with Gasteiger partial charge in [0.1, 0.15) is 6.33 Å². The lowest BCUT2D eigenvalue weighted by molar-refractivity contribution is -0.128. The molecule has 0 aliphatic rings. The Morgan fingerprint density at radius 3 is 2.41 bits per heavy atom. The van der Waals surface area contributed by atoms with E-state index in [4.69, 9.17) is 0 Å². The first-order valence-electron chi connectivity index (χ1n) is 6.98. The van der Waals surface area contributed by atoms with Gasteiger partial charge < -0.3 is 5.32 Å². The Morgan fingerprint density at radius 1 is 1.18 bits per heavy atom. The Kier molecular flexibility index (Phi) is 4.65. The average Bonchev–Trinajstić information content (AvgIpc) is 2.98. The van der Waals surface area contributed by atoms with Gasteiger partial charge in [0.25, 0.3) is 0 Å². The smallest absolute Gasteiger partial charge is 0.224 e. The number of carbonyl (C=O) groups is 2. The summed E-state index contributed by atoms with van der Waals surface area (Å²) in [6.45, 7) is 5.56. The highest BCUT2D eigenvalue weighted by Gasteiger charge is 2.21. The molecule has 1 heterocycles. The van der Waals surface area contributed by atoms with Crippen molar-refractivity contribution < 1.29 is 9.59 Å². The largest absolute Gasteiger partial charge is 0.349 e. The third-order valence-electron chi connectivity index (χ3n) is 3.20. The van der Waals surface area contributed by atoms with Crippen molar-refractivity contribution in [2.24, 2.45) is 5.41 Å². The van der Waals surface area contributed by atoms with Crippen LogP contribution in [0.4, 0.5) is 0 Å². The molecule has 1 amide bonds. The van der Waals surface area contributed by atoms with E-state index >= 15 is 0 Å². The highest BCUT2D eigenvalue weighted by atomic mass is 16.2. The molecule has 2 rings (SSSR count). The van der Waals surface area contributed by atoms with Crippen LogP contribution in [0.15, 0.2) is 30.6 Å². The molecule has 0 aliphatic heterocycles. The first kappa shape index (κ1) is 15.8. The van der Waals surface area contributed by atoms with E-state index in [1.54, 1.807) is 0 Å². The highest BCUT2D eigenvalue weighted by Crippen LogP contribution is 2.13. The topological polar surface area (TPSA) is 89.8 Å². The van der Waals surface area contributed by atoms with E-state index in [2.05, 4.69) is 20.8 Å². The lowest BCUT2D eigenvalue weighted by atomic mass is 9.91. The van der Waals surface area contributed by atoms with Crippen LogP contribution in [0.5, 0.6) is 0 Å². The van der Waals surface area contributed by atoms with Crippen molar-refractivity contribution in [3.05, 3.63) is 36.2 Å². The number of tetrazole rings is 1. The van der Waals surface area contributed by atoms with E-state index in [1.165, 1.54) is 11.0 Å². The summed E-state index contributed by atoms with van der Waals surface area (Å²) in [6.07, 6.45) is 1.73. The summed E-state index contributed by atoms with van der Waals surface area (Å²) in [7, 11) is 0. The van der Waals surface area contributed by atoms with Crippen LogP contribution < -0.4 is 5.32 Å². The fourth-order valence-electron chi connectivity index (χ4n) is 1.74. The minimum absolute atomic E-state index is 0.00915. The molecule has 116 valence electrons. The van der Waals surface area contributed by atoms with E-state index in [9.17, 15) is 9.59 Å². The molecule has 7 nitrogen and oxygen atoms in total. The molecule has 7 heteroatoms. The molecule has 0 fully saturated rings. The highest BCUT2D eigenvalue weighted by molar-refractivity contribution is 5.89. The van der Waals surface area contributed by atoms with E-state index < -0.39 is 5.41 Å². The van der Waals surface area contributed by atoms with Crippen molar-refractivity contribution in [3.63, 3.8) is 0 Å². The second kappa shape index (κ2) is 6.46. The number of rotatable bonds is 5. The molecule has 1 aromatic heterocycles. The molecule has 0 saturated heterocycles. The molecular weight excluding hydrogens is 282 g/mol. The summed E-state index contributed by atoms with van der Waals surface area (Å²) in [5.41, 5.74) is 1.23. The van der Waals surface area contributed by atoms with Crippen molar-refractivity contribution in [1.29, 1.82) is 0 Å². The Labute approximate surface area is 128 Å². The Balaban J connectivity index is 1.88. The number of aromatic nitrogens is 4. The van der Waals surface area contributed by atoms with E-state index in [1.807, 2.05) is 45.0 Å². The number of nitrogens with one attached hydrogen (secondary N) is 1. The zero-order valence-corrected chi connectivity index (χ0v) is 12.9. The van der Waals surface area contributed by atoms with Crippen LogP contribution in [0.3, 0.4) is 0 Å². The Morgan fingerprint density at radius 2 is 1.86 bits per heavy atom.